The lowest BCUT2D eigenvalue weighted by Gasteiger charge is -2.08. The highest BCUT2D eigenvalue weighted by Gasteiger charge is 2.17. The van der Waals surface area contributed by atoms with Crippen molar-refractivity contribution in [3.05, 3.63) is 74.4 Å². The highest BCUT2D eigenvalue weighted by molar-refractivity contribution is 8.04. The van der Waals surface area contributed by atoms with Crippen molar-refractivity contribution in [2.45, 2.75) is 41.6 Å². The molecule has 2 N–H and O–H groups in total. The van der Waals surface area contributed by atoms with Crippen LogP contribution in [0.2, 0.25) is 0 Å². The molecule has 0 aliphatic rings. The van der Waals surface area contributed by atoms with Crippen LogP contribution >= 0.6 is 23.5 Å². The number of thioether (sulfide) groups is 1. The van der Waals surface area contributed by atoms with Crippen LogP contribution in [0.4, 0.5) is 5.69 Å². The number of nitro benzene ring substituents is 1. The monoisotopic (exact) mass is 456 g/mol. The fourth-order valence-corrected chi connectivity index (χ4v) is 4.25. The van der Waals surface area contributed by atoms with Gasteiger partial charge in [0.15, 0.2) is 0 Å². The molecule has 10 heteroatoms. The van der Waals surface area contributed by atoms with Gasteiger partial charge in [0.05, 0.1) is 4.92 Å². The number of carbonyl (C=O) groups is 1. The van der Waals surface area contributed by atoms with Gasteiger partial charge in [0.2, 0.25) is 5.16 Å². The van der Waals surface area contributed by atoms with Gasteiger partial charge in [-0.3, -0.25) is 15.2 Å². The van der Waals surface area contributed by atoms with E-state index in [1.54, 1.807) is 6.07 Å². The van der Waals surface area contributed by atoms with Crippen LogP contribution in [0.15, 0.2) is 62.3 Å². The Hall–Kier alpha value is -3.11. The minimum Gasteiger partial charge on any atom is -0.477 e. The quantitative estimate of drug-likeness (QED) is 0.191. The van der Waals surface area contributed by atoms with Gasteiger partial charge in [0, 0.05) is 28.3 Å². The molecule has 1 heterocycles. The lowest BCUT2D eigenvalue weighted by molar-refractivity contribution is -0.384. The minimum absolute atomic E-state index is 0.0340. The molecule has 0 radical (unpaired) electrons. The molecule has 2 aromatic carbocycles. The van der Waals surface area contributed by atoms with Crippen molar-refractivity contribution in [1.29, 1.82) is 0 Å². The number of hydrogen-bond acceptors (Lipinski definition) is 7. The van der Waals surface area contributed by atoms with E-state index in [9.17, 15) is 20.0 Å². The Labute approximate surface area is 187 Å². The summed E-state index contributed by atoms with van der Waals surface area (Å²) in [6, 6.07) is 12.3. The number of nitrogens with one attached hydrogen (secondary N) is 1. The molecule has 160 valence electrons. The van der Waals surface area contributed by atoms with Crippen molar-refractivity contribution >= 4 is 41.3 Å². The third kappa shape index (κ3) is 6.19. The Kier molecular flexibility index (Phi) is 7.48. The van der Waals surface area contributed by atoms with Crippen molar-refractivity contribution < 1.29 is 14.8 Å². The van der Waals surface area contributed by atoms with Gasteiger partial charge in [0.25, 0.3) is 5.69 Å². The maximum absolute atomic E-state index is 11.9. The molecule has 0 amide bonds. The summed E-state index contributed by atoms with van der Waals surface area (Å²) in [6.07, 6.45) is 3.02. The SMILES string of the molecule is CCCc1nc(S/C(=C/c2cc([N+](=O)[O-])ccc2Sc2ccc(C)cc2)C(=O)O)n[nH]1. The number of aromatic amines is 1. The molecule has 3 rings (SSSR count). The van der Waals surface area contributed by atoms with Crippen molar-refractivity contribution in [3.63, 3.8) is 0 Å². The Balaban J connectivity index is 1.97. The first-order chi connectivity index (χ1) is 14.9. The molecular weight excluding hydrogens is 436 g/mol. The van der Waals surface area contributed by atoms with Crippen LogP contribution in [-0.4, -0.2) is 31.2 Å². The summed E-state index contributed by atoms with van der Waals surface area (Å²) in [4.78, 5) is 28.5. The standard InChI is InChI=1S/C21H20N4O4S2/c1-3-4-19-22-21(24-23-19)31-18(20(26)27)12-14-11-15(25(28)29)7-10-17(14)30-16-8-5-13(2)6-9-16/h5-12H,3-4H2,1-2H3,(H,26,27)(H,22,23,24)/b18-12+. The van der Waals surface area contributed by atoms with Crippen LogP contribution in [0, 0.1) is 17.0 Å². The van der Waals surface area contributed by atoms with Gasteiger partial charge in [-0.2, -0.15) is 0 Å². The number of carboxylic acid groups (broad SMARTS) is 1. The number of carboxylic acids is 1. The zero-order chi connectivity index (χ0) is 22.4. The Morgan fingerprint density at radius 3 is 2.65 bits per heavy atom. The fraction of sp³-hybridized carbons (Fsp3) is 0.190. The normalized spacial score (nSPS) is 11.5. The summed E-state index contributed by atoms with van der Waals surface area (Å²) in [5.41, 5.74) is 1.44. The number of nitrogens with zero attached hydrogens (tertiary/aromatic N) is 3. The molecule has 0 aliphatic carbocycles. The van der Waals surface area contributed by atoms with Gasteiger partial charge in [-0.05, 0) is 54.9 Å². The predicted octanol–water partition coefficient (Wildman–Crippen LogP) is 5.34. The van der Waals surface area contributed by atoms with E-state index in [0.717, 1.165) is 28.6 Å². The highest BCUT2D eigenvalue weighted by Crippen LogP contribution is 2.35. The number of H-pyrrole nitrogens is 1. The summed E-state index contributed by atoms with van der Waals surface area (Å²) in [5, 5.41) is 28.1. The van der Waals surface area contributed by atoms with Crippen LogP contribution in [0.5, 0.6) is 0 Å². The van der Waals surface area contributed by atoms with E-state index >= 15 is 0 Å². The van der Waals surface area contributed by atoms with E-state index in [1.165, 1.54) is 30.0 Å². The summed E-state index contributed by atoms with van der Waals surface area (Å²) < 4.78 is 0. The van der Waals surface area contributed by atoms with Crippen molar-refractivity contribution in [2.75, 3.05) is 0 Å². The second-order valence-electron chi connectivity index (χ2n) is 6.62. The van der Waals surface area contributed by atoms with E-state index < -0.39 is 10.9 Å². The average Bonchev–Trinajstić information content (AvgIpc) is 3.17. The molecule has 0 unspecified atom stereocenters. The third-order valence-electron chi connectivity index (χ3n) is 4.15. The Bertz CT molecular complexity index is 1130. The van der Waals surface area contributed by atoms with Crippen LogP contribution in [0.3, 0.4) is 0 Å². The topological polar surface area (TPSA) is 122 Å². The molecule has 0 atom stereocenters. The van der Waals surface area contributed by atoms with Crippen molar-refractivity contribution in [1.82, 2.24) is 15.2 Å². The van der Waals surface area contributed by atoms with Gasteiger partial charge in [-0.25, -0.2) is 9.78 Å². The molecule has 0 saturated heterocycles. The van der Waals surface area contributed by atoms with Gasteiger partial charge in [-0.1, -0.05) is 36.4 Å². The van der Waals surface area contributed by atoms with Crippen LogP contribution in [0.25, 0.3) is 6.08 Å². The number of aliphatic carboxylic acids is 1. The first-order valence-corrected chi connectivity index (χ1v) is 11.1. The second-order valence-corrected chi connectivity index (χ2v) is 8.75. The number of rotatable bonds is 9. The average molecular weight is 457 g/mol. The first-order valence-electron chi connectivity index (χ1n) is 9.42. The molecule has 0 aliphatic heterocycles. The number of benzene rings is 2. The predicted molar refractivity (Wildman–Crippen MR) is 120 cm³/mol. The smallest absolute Gasteiger partial charge is 0.342 e. The van der Waals surface area contributed by atoms with Crippen LogP contribution in [-0.2, 0) is 11.2 Å². The summed E-state index contributed by atoms with van der Waals surface area (Å²) in [5.74, 6) is -0.481. The van der Waals surface area contributed by atoms with E-state index in [1.807, 2.05) is 38.1 Å². The first kappa shape index (κ1) is 22.6. The van der Waals surface area contributed by atoms with Crippen LogP contribution in [0.1, 0.15) is 30.3 Å². The second kappa shape index (κ2) is 10.3. The number of aromatic nitrogens is 3. The molecule has 0 spiro atoms. The number of aryl methyl sites for hydroxylation is 2. The molecule has 3 aromatic rings. The molecule has 31 heavy (non-hydrogen) atoms. The van der Waals surface area contributed by atoms with Crippen LogP contribution < -0.4 is 0 Å². The van der Waals surface area contributed by atoms with Gasteiger partial charge < -0.3 is 5.11 Å². The van der Waals surface area contributed by atoms with Gasteiger partial charge >= 0.3 is 5.97 Å². The molecule has 8 nitrogen and oxygen atoms in total. The summed E-state index contributed by atoms with van der Waals surface area (Å²) in [6.45, 7) is 3.99. The van der Waals surface area contributed by atoms with Gasteiger partial charge in [-0.15, -0.1) is 5.10 Å². The zero-order valence-corrected chi connectivity index (χ0v) is 18.5. The molecule has 1 aromatic heterocycles. The Morgan fingerprint density at radius 1 is 1.26 bits per heavy atom. The van der Waals surface area contributed by atoms with E-state index in [4.69, 9.17) is 0 Å². The summed E-state index contributed by atoms with van der Waals surface area (Å²) >= 11 is 2.31. The largest absolute Gasteiger partial charge is 0.477 e. The van der Waals surface area contributed by atoms with Gasteiger partial charge in [0.1, 0.15) is 10.7 Å². The molecule has 0 fully saturated rings. The van der Waals surface area contributed by atoms with Crippen molar-refractivity contribution in [3.8, 4) is 0 Å². The lowest BCUT2D eigenvalue weighted by atomic mass is 10.2. The maximum Gasteiger partial charge on any atom is 0.342 e. The minimum atomic E-state index is -1.16. The molecule has 0 bridgehead atoms. The lowest BCUT2D eigenvalue weighted by Crippen LogP contribution is -1.98. The van der Waals surface area contributed by atoms with Crippen molar-refractivity contribution in [2.24, 2.45) is 0 Å². The maximum atomic E-state index is 11.9. The van der Waals surface area contributed by atoms with E-state index in [-0.39, 0.29) is 15.7 Å². The summed E-state index contributed by atoms with van der Waals surface area (Å²) in [7, 11) is 0. The van der Waals surface area contributed by atoms with E-state index in [0.29, 0.717) is 22.7 Å². The third-order valence-corrected chi connectivity index (χ3v) is 6.13. The van der Waals surface area contributed by atoms with E-state index in [2.05, 4.69) is 15.2 Å². The highest BCUT2D eigenvalue weighted by atomic mass is 32.2. The number of non-ortho nitro benzene ring substituents is 1. The zero-order valence-electron chi connectivity index (χ0n) is 16.9. The number of nitro groups is 1. The Morgan fingerprint density at radius 2 is 2.00 bits per heavy atom. The number of hydrogen-bond donors (Lipinski definition) is 2. The molecular formula is C21H20N4O4S2. The molecule has 0 saturated carbocycles. The fourth-order valence-electron chi connectivity index (χ4n) is 2.63.